The molecule has 2 unspecified atom stereocenters. The van der Waals surface area contributed by atoms with Gasteiger partial charge in [-0.3, -0.25) is 9.59 Å². The highest BCUT2D eigenvalue weighted by Gasteiger charge is 2.38. The van der Waals surface area contributed by atoms with Crippen molar-refractivity contribution in [3.63, 3.8) is 0 Å². The number of Topliss-reactive ketones (excluding diaryl/α,β-unsaturated/α-hetero) is 2. The number of hydrogen-bond acceptors (Lipinski definition) is 2. The summed E-state index contributed by atoms with van der Waals surface area (Å²) in [6, 6.07) is 0. The van der Waals surface area contributed by atoms with Gasteiger partial charge in [-0.05, 0) is 0 Å². The van der Waals surface area contributed by atoms with Crippen molar-refractivity contribution in [2.45, 2.75) is 17.2 Å². The molecule has 0 aromatic rings. The van der Waals surface area contributed by atoms with Crippen molar-refractivity contribution >= 4 is 34.8 Å². The summed E-state index contributed by atoms with van der Waals surface area (Å²) in [4.78, 5) is 21.2. The van der Waals surface area contributed by atoms with E-state index in [1.54, 1.807) is 0 Å². The Morgan fingerprint density at radius 2 is 1.89 bits per heavy atom. The third-order valence-corrected chi connectivity index (χ3v) is 2.05. The predicted molar refractivity (Wildman–Crippen MR) is 33.9 cm³/mol. The topological polar surface area (TPSA) is 34.1 Å². The van der Waals surface area contributed by atoms with E-state index >= 15 is 0 Å². The van der Waals surface area contributed by atoms with Gasteiger partial charge in [0.25, 0.3) is 0 Å². The van der Waals surface area contributed by atoms with Gasteiger partial charge in [-0.1, -0.05) is 0 Å². The van der Waals surface area contributed by atoms with Crippen molar-refractivity contribution in [1.29, 1.82) is 0 Å². The fourth-order valence-corrected chi connectivity index (χ4v) is 1.28. The molecule has 0 spiro atoms. The number of carbonyl (C=O) groups is 2. The van der Waals surface area contributed by atoms with E-state index in [-0.39, 0.29) is 18.0 Å². The lowest BCUT2D eigenvalue weighted by Crippen LogP contribution is -2.16. The maximum atomic E-state index is 10.6. The van der Waals surface area contributed by atoms with Crippen molar-refractivity contribution in [3.05, 3.63) is 0 Å². The molecule has 1 saturated carbocycles. The van der Waals surface area contributed by atoms with Gasteiger partial charge in [-0.15, -0.1) is 23.2 Å². The van der Waals surface area contributed by atoms with Crippen LogP contribution < -0.4 is 0 Å². The molecule has 9 heavy (non-hydrogen) atoms. The standard InChI is InChI=1S/C5H4Cl2O2/c6-2-1-3(8)4(7)5(2)9/h2,4H,1H2. The molecule has 0 heterocycles. The Hall–Kier alpha value is -0.0800. The second-order valence-corrected chi connectivity index (χ2v) is 2.87. The molecule has 0 N–H and O–H groups in total. The normalized spacial score (nSPS) is 35.8. The van der Waals surface area contributed by atoms with E-state index < -0.39 is 10.8 Å². The summed E-state index contributed by atoms with van der Waals surface area (Å²) in [5, 5.41) is -1.66. The highest BCUT2D eigenvalue weighted by Crippen LogP contribution is 2.21. The quantitative estimate of drug-likeness (QED) is 0.394. The summed E-state index contributed by atoms with van der Waals surface area (Å²) in [5.41, 5.74) is 0. The van der Waals surface area contributed by atoms with E-state index in [4.69, 9.17) is 23.2 Å². The van der Waals surface area contributed by atoms with Gasteiger partial charge in [0.2, 0.25) is 0 Å². The Labute approximate surface area is 62.1 Å². The molecular weight excluding hydrogens is 163 g/mol. The van der Waals surface area contributed by atoms with Crippen LogP contribution in [0.5, 0.6) is 0 Å². The number of hydrogen-bond donors (Lipinski definition) is 0. The highest BCUT2D eigenvalue weighted by atomic mass is 35.5. The largest absolute Gasteiger partial charge is 0.297 e. The summed E-state index contributed by atoms with van der Waals surface area (Å²) in [6.45, 7) is 0. The monoisotopic (exact) mass is 166 g/mol. The molecular formula is C5H4Cl2O2. The lowest BCUT2D eigenvalue weighted by molar-refractivity contribution is -0.121. The van der Waals surface area contributed by atoms with Crippen molar-refractivity contribution in [2.24, 2.45) is 0 Å². The average Bonchev–Trinajstić information content (AvgIpc) is 1.98. The molecule has 0 saturated heterocycles. The van der Waals surface area contributed by atoms with E-state index in [1.165, 1.54) is 0 Å². The second kappa shape index (κ2) is 2.27. The summed E-state index contributed by atoms with van der Waals surface area (Å²) < 4.78 is 0. The molecule has 0 radical (unpaired) electrons. The third-order valence-electron chi connectivity index (χ3n) is 1.22. The summed E-state index contributed by atoms with van der Waals surface area (Å²) in [5.74, 6) is -0.620. The first-order valence-electron chi connectivity index (χ1n) is 2.47. The molecule has 50 valence electrons. The lowest BCUT2D eigenvalue weighted by Gasteiger charge is -1.91. The van der Waals surface area contributed by atoms with Crippen molar-refractivity contribution in [2.75, 3.05) is 0 Å². The molecule has 1 aliphatic carbocycles. The second-order valence-electron chi connectivity index (χ2n) is 1.90. The summed E-state index contributed by atoms with van der Waals surface area (Å²) >= 11 is 10.7. The minimum atomic E-state index is -0.979. The van der Waals surface area contributed by atoms with Gasteiger partial charge in [0.1, 0.15) is 5.38 Å². The molecule has 1 aliphatic rings. The molecule has 1 fully saturated rings. The molecule has 2 nitrogen and oxygen atoms in total. The molecule has 4 heteroatoms. The first-order valence-corrected chi connectivity index (χ1v) is 3.35. The van der Waals surface area contributed by atoms with Gasteiger partial charge in [-0.2, -0.15) is 0 Å². The first kappa shape index (κ1) is 7.03. The SMILES string of the molecule is O=C1CC(Cl)C(=O)C1Cl. The van der Waals surface area contributed by atoms with Crippen LogP contribution in [0, 0.1) is 0 Å². The molecule has 0 aromatic carbocycles. The van der Waals surface area contributed by atoms with Gasteiger partial charge in [0.05, 0.1) is 0 Å². The minimum Gasteiger partial charge on any atom is -0.297 e. The van der Waals surface area contributed by atoms with Crippen LogP contribution in [0.3, 0.4) is 0 Å². The molecule has 0 aromatic heterocycles. The Balaban J connectivity index is 2.77. The van der Waals surface area contributed by atoms with Crippen molar-refractivity contribution in [1.82, 2.24) is 0 Å². The maximum Gasteiger partial charge on any atom is 0.176 e. The highest BCUT2D eigenvalue weighted by molar-refractivity contribution is 6.51. The summed E-state index contributed by atoms with van der Waals surface area (Å²) in [7, 11) is 0. The first-order chi connectivity index (χ1) is 4.13. The van der Waals surface area contributed by atoms with Gasteiger partial charge in [-0.25, -0.2) is 0 Å². The van der Waals surface area contributed by atoms with Crippen LogP contribution in [0.1, 0.15) is 6.42 Å². The van der Waals surface area contributed by atoms with E-state index in [0.717, 1.165) is 0 Å². The number of halogens is 2. The smallest absolute Gasteiger partial charge is 0.176 e. The van der Waals surface area contributed by atoms with Gasteiger partial charge in [0.15, 0.2) is 16.9 Å². The van der Waals surface area contributed by atoms with E-state index in [9.17, 15) is 9.59 Å². The van der Waals surface area contributed by atoms with Crippen LogP contribution in [-0.4, -0.2) is 22.3 Å². The minimum absolute atomic E-state index is 0.0918. The van der Waals surface area contributed by atoms with E-state index in [0.29, 0.717) is 0 Å². The number of ketones is 2. The van der Waals surface area contributed by atoms with Crippen molar-refractivity contribution in [3.8, 4) is 0 Å². The third kappa shape index (κ3) is 1.10. The van der Waals surface area contributed by atoms with Crippen LogP contribution >= 0.6 is 23.2 Å². The number of alkyl halides is 2. The zero-order chi connectivity index (χ0) is 7.02. The molecule has 1 rings (SSSR count). The molecule has 2 atom stereocenters. The average molecular weight is 167 g/mol. The zero-order valence-electron chi connectivity index (χ0n) is 4.43. The lowest BCUT2D eigenvalue weighted by atomic mass is 10.3. The van der Waals surface area contributed by atoms with Crippen LogP contribution in [0.15, 0.2) is 0 Å². The molecule has 0 aliphatic heterocycles. The van der Waals surface area contributed by atoms with Crippen LogP contribution in [0.2, 0.25) is 0 Å². The fraction of sp³-hybridized carbons (Fsp3) is 0.600. The number of carbonyl (C=O) groups excluding carboxylic acids is 2. The van der Waals surface area contributed by atoms with Crippen molar-refractivity contribution < 1.29 is 9.59 Å². The summed E-state index contributed by atoms with van der Waals surface area (Å²) in [6.07, 6.45) is 0.0918. The van der Waals surface area contributed by atoms with Crippen LogP contribution in [0.4, 0.5) is 0 Å². The van der Waals surface area contributed by atoms with E-state index in [2.05, 4.69) is 0 Å². The van der Waals surface area contributed by atoms with Crippen LogP contribution in [-0.2, 0) is 9.59 Å². The fourth-order valence-electron chi connectivity index (χ4n) is 0.698. The predicted octanol–water partition coefficient (Wildman–Crippen LogP) is 0.743. The van der Waals surface area contributed by atoms with Gasteiger partial charge in [0, 0.05) is 6.42 Å². The number of rotatable bonds is 0. The maximum absolute atomic E-state index is 10.6. The molecule has 0 bridgehead atoms. The van der Waals surface area contributed by atoms with Crippen LogP contribution in [0.25, 0.3) is 0 Å². The molecule has 0 amide bonds. The Bertz CT molecular complexity index is 166. The Morgan fingerprint density at radius 1 is 1.33 bits per heavy atom. The Kier molecular flexibility index (Phi) is 1.78. The Morgan fingerprint density at radius 3 is 2.00 bits per heavy atom. The van der Waals surface area contributed by atoms with Gasteiger partial charge < -0.3 is 0 Å². The van der Waals surface area contributed by atoms with E-state index in [1.807, 2.05) is 0 Å². The van der Waals surface area contributed by atoms with Gasteiger partial charge >= 0.3 is 0 Å². The zero-order valence-corrected chi connectivity index (χ0v) is 5.95.